The standard InChI is InChI=1S/C14H17N3O5S/c1-3-22-14(18)12-9-17(23(15,19)20)16-13(12)8-10-4-6-11(21-2)7-5-10/h4-7,9H,3,8H2,1-2H3,(H2,15,19,20). The lowest BCUT2D eigenvalue weighted by molar-refractivity contribution is 0.0525. The average Bonchev–Trinajstić information content (AvgIpc) is 2.92. The van der Waals surface area contributed by atoms with Gasteiger partial charge in [0, 0.05) is 6.42 Å². The van der Waals surface area contributed by atoms with Gasteiger partial charge in [-0.2, -0.15) is 17.6 Å². The zero-order chi connectivity index (χ0) is 17.0. The van der Waals surface area contributed by atoms with Crippen LogP contribution < -0.4 is 9.88 Å². The van der Waals surface area contributed by atoms with Crippen molar-refractivity contribution in [3.63, 3.8) is 0 Å². The second-order valence-electron chi connectivity index (χ2n) is 4.65. The van der Waals surface area contributed by atoms with Crippen molar-refractivity contribution in [1.82, 2.24) is 9.19 Å². The van der Waals surface area contributed by atoms with E-state index < -0.39 is 16.2 Å². The Morgan fingerprint density at radius 2 is 1.96 bits per heavy atom. The normalized spacial score (nSPS) is 11.3. The third-order valence-electron chi connectivity index (χ3n) is 3.06. The van der Waals surface area contributed by atoms with E-state index >= 15 is 0 Å². The number of nitrogens with zero attached hydrogens (tertiary/aromatic N) is 2. The van der Waals surface area contributed by atoms with E-state index in [4.69, 9.17) is 14.6 Å². The molecule has 0 aliphatic carbocycles. The summed E-state index contributed by atoms with van der Waals surface area (Å²) < 4.78 is 33.4. The zero-order valence-electron chi connectivity index (χ0n) is 12.7. The Bertz CT molecular complexity index is 796. The summed E-state index contributed by atoms with van der Waals surface area (Å²) in [5.74, 6) is 0.0420. The summed E-state index contributed by atoms with van der Waals surface area (Å²) in [6.07, 6.45) is 1.31. The number of ether oxygens (including phenoxy) is 2. The quantitative estimate of drug-likeness (QED) is 0.775. The molecule has 0 radical (unpaired) electrons. The van der Waals surface area contributed by atoms with Gasteiger partial charge in [-0.25, -0.2) is 9.93 Å². The second-order valence-corrected chi connectivity index (χ2v) is 6.06. The highest BCUT2D eigenvalue weighted by Crippen LogP contribution is 2.17. The highest BCUT2D eigenvalue weighted by molar-refractivity contribution is 7.87. The molecule has 0 bridgehead atoms. The Hall–Kier alpha value is -2.39. The Morgan fingerprint density at radius 1 is 1.30 bits per heavy atom. The van der Waals surface area contributed by atoms with E-state index in [1.54, 1.807) is 38.3 Å². The molecule has 8 nitrogen and oxygen atoms in total. The summed E-state index contributed by atoms with van der Waals surface area (Å²) in [6, 6.07) is 7.11. The van der Waals surface area contributed by atoms with Crippen LogP contribution >= 0.6 is 0 Å². The minimum absolute atomic E-state index is 0.0664. The van der Waals surface area contributed by atoms with Crippen LogP contribution in [0.2, 0.25) is 0 Å². The van der Waals surface area contributed by atoms with Gasteiger partial charge in [0.1, 0.15) is 11.3 Å². The number of carbonyl (C=O) groups excluding carboxylic acids is 1. The molecule has 0 amide bonds. The molecule has 0 saturated carbocycles. The number of methoxy groups -OCH3 is 1. The fourth-order valence-electron chi connectivity index (χ4n) is 1.96. The molecule has 0 aliphatic rings. The molecule has 124 valence electrons. The molecule has 2 rings (SSSR count). The number of aromatic nitrogens is 2. The van der Waals surface area contributed by atoms with Crippen LogP contribution in [-0.4, -0.2) is 37.3 Å². The van der Waals surface area contributed by atoms with Gasteiger partial charge in [-0.3, -0.25) is 0 Å². The van der Waals surface area contributed by atoms with Gasteiger partial charge in [0.15, 0.2) is 0 Å². The van der Waals surface area contributed by atoms with Crippen molar-refractivity contribution in [2.75, 3.05) is 13.7 Å². The average molecular weight is 339 g/mol. The summed E-state index contributed by atoms with van der Waals surface area (Å²) in [5, 5.41) is 8.94. The topological polar surface area (TPSA) is 114 Å². The lowest BCUT2D eigenvalue weighted by Crippen LogP contribution is -2.22. The van der Waals surface area contributed by atoms with Crippen molar-refractivity contribution in [3.8, 4) is 5.75 Å². The summed E-state index contributed by atoms with van der Waals surface area (Å²) in [5.41, 5.74) is 1.16. The van der Waals surface area contributed by atoms with Crippen LogP contribution in [-0.2, 0) is 21.4 Å². The maximum Gasteiger partial charge on any atom is 0.341 e. The van der Waals surface area contributed by atoms with Crippen molar-refractivity contribution in [2.24, 2.45) is 5.14 Å². The van der Waals surface area contributed by atoms with Gasteiger partial charge in [0.05, 0.1) is 25.6 Å². The summed E-state index contributed by atoms with van der Waals surface area (Å²) >= 11 is 0. The monoisotopic (exact) mass is 339 g/mol. The van der Waals surface area contributed by atoms with Gasteiger partial charge in [0.25, 0.3) is 0 Å². The molecule has 2 N–H and O–H groups in total. The molecule has 0 atom stereocenters. The van der Waals surface area contributed by atoms with Crippen LogP contribution in [0, 0.1) is 0 Å². The lowest BCUT2D eigenvalue weighted by Gasteiger charge is -2.04. The van der Waals surface area contributed by atoms with Crippen LogP contribution in [0.5, 0.6) is 5.75 Å². The molecule has 0 saturated heterocycles. The van der Waals surface area contributed by atoms with Crippen molar-refractivity contribution in [1.29, 1.82) is 0 Å². The van der Waals surface area contributed by atoms with E-state index in [1.165, 1.54) is 0 Å². The molecule has 2 aromatic rings. The van der Waals surface area contributed by atoms with E-state index in [1.807, 2.05) is 0 Å². The van der Waals surface area contributed by atoms with E-state index in [9.17, 15) is 13.2 Å². The molecule has 1 heterocycles. The highest BCUT2D eigenvalue weighted by Gasteiger charge is 2.21. The predicted octanol–water partition coefficient (Wildman–Crippen LogP) is 0.711. The van der Waals surface area contributed by atoms with E-state index in [-0.39, 0.29) is 24.3 Å². The predicted molar refractivity (Wildman–Crippen MR) is 82.5 cm³/mol. The molecule has 0 fully saturated rings. The Morgan fingerprint density at radius 3 is 2.48 bits per heavy atom. The fourth-order valence-corrected chi connectivity index (χ4v) is 2.43. The smallest absolute Gasteiger partial charge is 0.341 e. The van der Waals surface area contributed by atoms with E-state index in [0.29, 0.717) is 9.84 Å². The van der Waals surface area contributed by atoms with E-state index in [0.717, 1.165) is 11.8 Å². The third-order valence-corrected chi connectivity index (χ3v) is 3.76. The summed E-state index contributed by atoms with van der Waals surface area (Å²) in [4.78, 5) is 12.0. The molecule has 1 aromatic carbocycles. The lowest BCUT2D eigenvalue weighted by atomic mass is 10.1. The van der Waals surface area contributed by atoms with Crippen LogP contribution in [0.4, 0.5) is 0 Å². The summed E-state index contributed by atoms with van der Waals surface area (Å²) in [6.45, 7) is 1.83. The number of carbonyl (C=O) groups is 1. The van der Waals surface area contributed by atoms with Crippen molar-refractivity contribution in [2.45, 2.75) is 13.3 Å². The molecular weight excluding hydrogens is 322 g/mol. The third kappa shape index (κ3) is 4.08. The Balaban J connectivity index is 2.38. The van der Waals surface area contributed by atoms with E-state index in [2.05, 4.69) is 5.10 Å². The minimum Gasteiger partial charge on any atom is -0.497 e. The molecule has 9 heteroatoms. The van der Waals surface area contributed by atoms with Gasteiger partial charge in [-0.15, -0.1) is 0 Å². The van der Waals surface area contributed by atoms with Gasteiger partial charge in [0.2, 0.25) is 0 Å². The first kappa shape index (κ1) is 17.0. The Kier molecular flexibility index (Phi) is 5.02. The number of nitrogens with two attached hydrogens (primary N) is 1. The molecular formula is C14H17N3O5S. The van der Waals surface area contributed by atoms with Gasteiger partial charge >= 0.3 is 16.2 Å². The molecule has 23 heavy (non-hydrogen) atoms. The fraction of sp³-hybridized carbons (Fsp3) is 0.286. The van der Waals surface area contributed by atoms with Crippen LogP contribution in [0.1, 0.15) is 28.5 Å². The first-order chi connectivity index (χ1) is 10.8. The minimum atomic E-state index is -4.08. The van der Waals surface area contributed by atoms with Gasteiger partial charge < -0.3 is 9.47 Å². The number of benzene rings is 1. The summed E-state index contributed by atoms with van der Waals surface area (Å²) in [7, 11) is -2.52. The maximum absolute atomic E-state index is 12.0. The van der Waals surface area contributed by atoms with Crippen molar-refractivity contribution >= 4 is 16.2 Å². The second kappa shape index (κ2) is 6.80. The maximum atomic E-state index is 12.0. The van der Waals surface area contributed by atoms with Gasteiger partial charge in [-0.05, 0) is 24.6 Å². The molecule has 1 aromatic heterocycles. The number of esters is 1. The highest BCUT2D eigenvalue weighted by atomic mass is 32.2. The van der Waals surface area contributed by atoms with Crippen LogP contribution in [0.3, 0.4) is 0 Å². The SMILES string of the molecule is CCOC(=O)c1cn(S(N)(=O)=O)nc1Cc1ccc(OC)cc1. The first-order valence-electron chi connectivity index (χ1n) is 6.77. The molecule has 0 unspecified atom stereocenters. The number of hydrogen-bond acceptors (Lipinski definition) is 6. The van der Waals surface area contributed by atoms with Crippen LogP contribution in [0.15, 0.2) is 30.5 Å². The molecule has 0 spiro atoms. The van der Waals surface area contributed by atoms with Gasteiger partial charge in [-0.1, -0.05) is 12.1 Å². The van der Waals surface area contributed by atoms with Crippen molar-refractivity contribution in [3.05, 3.63) is 47.3 Å². The largest absolute Gasteiger partial charge is 0.497 e. The molecule has 0 aliphatic heterocycles. The van der Waals surface area contributed by atoms with Crippen molar-refractivity contribution < 1.29 is 22.7 Å². The Labute approximate surface area is 134 Å². The van der Waals surface area contributed by atoms with Crippen LogP contribution in [0.25, 0.3) is 0 Å². The first-order valence-corrected chi connectivity index (χ1v) is 8.27. The zero-order valence-corrected chi connectivity index (χ0v) is 13.5. The number of rotatable bonds is 6. The number of hydrogen-bond donors (Lipinski definition) is 1.